The monoisotopic (exact) mass is 699 g/mol. The molecule has 6 aromatic carbocycles. The first-order chi connectivity index (χ1) is 23.8. The topological polar surface area (TPSA) is 124 Å². The van der Waals surface area contributed by atoms with Gasteiger partial charge in [0.1, 0.15) is 23.3 Å². The van der Waals surface area contributed by atoms with Crippen molar-refractivity contribution < 1.29 is 44.7 Å². The number of carbonyl (C=O) groups is 1. The number of benzene rings is 5. The molecule has 0 aliphatic heterocycles. The minimum absolute atomic E-state index is 0.0876. The van der Waals surface area contributed by atoms with Crippen LogP contribution in [0.25, 0.3) is 54.1 Å². The highest BCUT2D eigenvalue weighted by molar-refractivity contribution is 7.90. The standard InChI is InChI=1S/C36H15F6N3O4S/c37-20-7-11-25-23(13-20)29-26-19(14-43)6-10-22(24(26)15-44)28-27(32(39)33(40)30(31(28)38)36(46)47)17-2-1-3-18(12-17)34(29)45(25)50(48,49)21-8-4-16(5-9-21)35(41)42/h1-13,35H,(H,46,47). The maximum Gasteiger partial charge on any atom is 0.341 e. The number of nitriles is 2. The van der Waals surface area contributed by atoms with Crippen molar-refractivity contribution in [2.75, 3.05) is 0 Å². The van der Waals surface area contributed by atoms with E-state index in [4.69, 9.17) is 0 Å². The largest absolute Gasteiger partial charge is 0.477 e. The van der Waals surface area contributed by atoms with E-state index in [0.29, 0.717) is 0 Å². The number of alkyl halides is 2. The molecule has 0 aliphatic rings. The number of rotatable bonds is 4. The molecule has 1 heterocycles. The summed E-state index contributed by atoms with van der Waals surface area (Å²) in [5, 5.41) is 27.3. The molecule has 0 saturated heterocycles. The van der Waals surface area contributed by atoms with E-state index in [1.54, 1.807) is 0 Å². The number of halogens is 6. The summed E-state index contributed by atoms with van der Waals surface area (Å²) >= 11 is 0. The average Bonchev–Trinajstić information content (AvgIpc) is 3.43. The number of hydrogen-bond acceptors (Lipinski definition) is 5. The fraction of sp³-hybridized carbons (Fsp3) is 0.0278. The van der Waals surface area contributed by atoms with Crippen molar-refractivity contribution in [2.45, 2.75) is 11.3 Å². The summed E-state index contributed by atoms with van der Waals surface area (Å²) in [5.74, 6) is -8.57. The van der Waals surface area contributed by atoms with Crippen LogP contribution >= 0.6 is 0 Å². The van der Waals surface area contributed by atoms with Gasteiger partial charge in [-0.15, -0.1) is 0 Å². The molecule has 50 heavy (non-hydrogen) atoms. The van der Waals surface area contributed by atoms with Crippen LogP contribution in [-0.2, 0) is 10.0 Å². The second-order valence-electron chi connectivity index (χ2n) is 11.1. The van der Waals surface area contributed by atoms with Crippen molar-refractivity contribution in [3.63, 3.8) is 0 Å². The second kappa shape index (κ2) is 11.4. The molecular weight excluding hydrogens is 684 g/mol. The molecule has 1 aromatic heterocycles. The number of hydrogen-bond donors (Lipinski definition) is 1. The van der Waals surface area contributed by atoms with Gasteiger partial charge in [-0.1, -0.05) is 36.4 Å². The Kier molecular flexibility index (Phi) is 7.31. The lowest BCUT2D eigenvalue weighted by atomic mass is 9.92. The summed E-state index contributed by atoms with van der Waals surface area (Å²) < 4.78 is 119. The Balaban J connectivity index is 1.89. The van der Waals surface area contributed by atoms with Crippen LogP contribution in [0.5, 0.6) is 0 Å². The zero-order valence-corrected chi connectivity index (χ0v) is 25.6. The highest BCUT2D eigenvalue weighted by atomic mass is 32.2. The smallest absolute Gasteiger partial charge is 0.341 e. The van der Waals surface area contributed by atoms with Crippen LogP contribution in [0, 0.1) is 45.9 Å². The van der Waals surface area contributed by atoms with Gasteiger partial charge >= 0.3 is 5.97 Å². The van der Waals surface area contributed by atoms with E-state index in [0.717, 1.165) is 64.6 Å². The zero-order valence-electron chi connectivity index (χ0n) is 24.8. The van der Waals surface area contributed by atoms with Gasteiger partial charge in [0.05, 0.1) is 33.1 Å². The van der Waals surface area contributed by atoms with Crippen molar-refractivity contribution in [1.29, 1.82) is 10.5 Å². The minimum Gasteiger partial charge on any atom is -0.477 e. The molecule has 0 aliphatic carbocycles. The van der Waals surface area contributed by atoms with E-state index in [1.807, 2.05) is 12.1 Å². The van der Waals surface area contributed by atoms with Crippen LogP contribution in [-0.4, -0.2) is 23.5 Å². The molecule has 7 rings (SSSR count). The van der Waals surface area contributed by atoms with Crippen LogP contribution in [0.1, 0.15) is 33.5 Å². The molecule has 0 spiro atoms. The molecule has 0 fully saturated rings. The molecular formula is C36H15F6N3O4S. The maximum atomic E-state index is 16.2. The Bertz CT molecular complexity index is 2910. The first kappa shape index (κ1) is 32.2. The third-order valence-corrected chi connectivity index (χ3v) is 10.2. The Labute approximate surface area is 276 Å². The molecule has 0 atom stereocenters. The molecule has 0 amide bonds. The van der Waals surface area contributed by atoms with E-state index < -0.39 is 83.4 Å². The number of fused-ring (bicyclic) bond motifs is 12. The van der Waals surface area contributed by atoms with Gasteiger partial charge < -0.3 is 5.11 Å². The van der Waals surface area contributed by atoms with Crippen LogP contribution in [0.4, 0.5) is 26.3 Å². The van der Waals surface area contributed by atoms with E-state index in [1.165, 1.54) is 18.2 Å². The van der Waals surface area contributed by atoms with Gasteiger partial charge in [-0.3, -0.25) is 0 Å². The summed E-state index contributed by atoms with van der Waals surface area (Å²) in [6, 6.07) is 17.5. The Morgan fingerprint density at radius 3 is 2.08 bits per heavy atom. The Hall–Kier alpha value is -6.38. The van der Waals surface area contributed by atoms with Crippen LogP contribution in [0.2, 0.25) is 0 Å². The van der Waals surface area contributed by atoms with Crippen molar-refractivity contribution >= 4 is 70.1 Å². The highest BCUT2D eigenvalue weighted by Gasteiger charge is 2.30. The van der Waals surface area contributed by atoms with Crippen molar-refractivity contribution in [2.24, 2.45) is 0 Å². The number of aromatic carboxylic acids is 1. The molecule has 4 bridgehead atoms. The maximum absolute atomic E-state index is 16.2. The van der Waals surface area contributed by atoms with Crippen molar-refractivity contribution in [1.82, 2.24) is 3.97 Å². The highest BCUT2D eigenvalue weighted by Crippen LogP contribution is 2.43. The summed E-state index contributed by atoms with van der Waals surface area (Å²) in [7, 11) is -4.80. The van der Waals surface area contributed by atoms with Gasteiger partial charge in [-0.2, -0.15) is 10.5 Å². The SMILES string of the molecule is N#Cc1ccc2c(C#N)c1c1c3cc(F)ccc3n(S(=O)(=O)c3ccc(C(F)F)cc3)c1c1cccc(c1)c1c(F)c(F)c(C(=O)O)c(F)c21. The number of aromatic nitrogens is 1. The molecule has 0 saturated carbocycles. The normalized spacial score (nSPS) is 11.9. The first-order valence-corrected chi connectivity index (χ1v) is 15.8. The Morgan fingerprint density at radius 1 is 0.740 bits per heavy atom. The quantitative estimate of drug-likeness (QED) is 0.145. The molecule has 7 nitrogen and oxygen atoms in total. The number of carboxylic acids is 1. The number of nitrogens with zero attached hydrogens (tertiary/aromatic N) is 3. The second-order valence-corrected chi connectivity index (χ2v) is 12.9. The first-order valence-electron chi connectivity index (χ1n) is 14.3. The van der Waals surface area contributed by atoms with E-state index in [9.17, 15) is 37.6 Å². The lowest BCUT2D eigenvalue weighted by Gasteiger charge is -2.13. The van der Waals surface area contributed by atoms with Crippen molar-refractivity contribution in [3.05, 3.63) is 124 Å². The van der Waals surface area contributed by atoms with Gasteiger partial charge in [0.15, 0.2) is 11.6 Å². The molecule has 14 heteroatoms. The van der Waals surface area contributed by atoms with E-state index in [2.05, 4.69) is 0 Å². The van der Waals surface area contributed by atoms with Crippen molar-refractivity contribution in [3.8, 4) is 12.1 Å². The third kappa shape index (κ3) is 4.49. The fourth-order valence-corrected chi connectivity index (χ4v) is 7.91. The molecule has 1 N–H and O–H groups in total. The summed E-state index contributed by atoms with van der Waals surface area (Å²) in [6.45, 7) is 0. The van der Waals surface area contributed by atoms with Gasteiger partial charge in [-0.05, 0) is 47.9 Å². The lowest BCUT2D eigenvalue weighted by molar-refractivity contribution is 0.0685. The Morgan fingerprint density at radius 2 is 1.44 bits per heavy atom. The van der Waals surface area contributed by atoms with Crippen LogP contribution < -0.4 is 0 Å². The number of carboxylic acid groups (broad SMARTS) is 1. The molecule has 7 aromatic rings. The zero-order chi connectivity index (χ0) is 35.8. The van der Waals surface area contributed by atoms with Gasteiger partial charge in [0.25, 0.3) is 16.4 Å². The van der Waals surface area contributed by atoms with E-state index in [-0.39, 0.29) is 43.5 Å². The lowest BCUT2D eigenvalue weighted by Crippen LogP contribution is -2.13. The minimum atomic E-state index is -4.80. The van der Waals surface area contributed by atoms with Gasteiger partial charge in [-0.25, -0.2) is 43.5 Å². The summed E-state index contributed by atoms with van der Waals surface area (Å²) in [6.07, 6.45) is -2.91. The van der Waals surface area contributed by atoms with Crippen LogP contribution in [0.3, 0.4) is 0 Å². The average molecular weight is 700 g/mol. The predicted octanol–water partition coefficient (Wildman–Crippen LogP) is 8.99. The third-order valence-electron chi connectivity index (χ3n) is 8.47. The molecule has 246 valence electrons. The molecule has 0 unspecified atom stereocenters. The fourth-order valence-electron chi connectivity index (χ4n) is 6.36. The molecule has 0 radical (unpaired) electrons. The van der Waals surface area contributed by atoms with Crippen LogP contribution in [0.15, 0.2) is 83.8 Å². The van der Waals surface area contributed by atoms with E-state index >= 15 is 17.6 Å². The predicted molar refractivity (Wildman–Crippen MR) is 171 cm³/mol. The van der Waals surface area contributed by atoms with Gasteiger partial charge in [0.2, 0.25) is 0 Å². The van der Waals surface area contributed by atoms with Gasteiger partial charge in [0, 0.05) is 43.3 Å². The summed E-state index contributed by atoms with van der Waals surface area (Å²) in [4.78, 5) is 11.5. The summed E-state index contributed by atoms with van der Waals surface area (Å²) in [5.41, 5.74) is -3.46.